The number of hydrogen-bond donors (Lipinski definition) is 0. The fourth-order valence-electron chi connectivity index (χ4n) is 4.47. The molecule has 4 rings (SSSR count). The van der Waals surface area contributed by atoms with Crippen LogP contribution in [0.25, 0.3) is 10.8 Å². The zero-order valence-electron chi connectivity index (χ0n) is 16.2. The highest BCUT2D eigenvalue weighted by atomic mass is 32.2. The molecule has 1 saturated heterocycles. The van der Waals surface area contributed by atoms with Gasteiger partial charge < -0.3 is 9.47 Å². The number of carbonyl (C=O) groups excluding carboxylic acids is 1. The highest BCUT2D eigenvalue weighted by Crippen LogP contribution is 2.38. The summed E-state index contributed by atoms with van der Waals surface area (Å²) in [5.41, 5.74) is 0.594. The number of benzene rings is 2. The monoisotopic (exact) mass is 385 g/mol. The van der Waals surface area contributed by atoms with E-state index in [9.17, 15) is 4.79 Å². The molecule has 0 spiro atoms. The molecule has 0 amide bonds. The van der Waals surface area contributed by atoms with E-state index in [0.29, 0.717) is 17.9 Å². The molecule has 3 nitrogen and oxygen atoms in total. The van der Waals surface area contributed by atoms with E-state index in [1.165, 1.54) is 67.4 Å². The first kappa shape index (κ1) is 18.7. The fourth-order valence-corrected chi connectivity index (χ4v) is 7.00. The second-order valence-electron chi connectivity index (χ2n) is 7.68. The molecule has 2 aliphatic rings. The Morgan fingerprint density at radius 2 is 1.78 bits per heavy atom. The van der Waals surface area contributed by atoms with Gasteiger partial charge in [0.15, 0.2) is 4.90 Å². The lowest BCUT2D eigenvalue weighted by Gasteiger charge is -2.17. The van der Waals surface area contributed by atoms with E-state index >= 15 is 0 Å². The summed E-state index contributed by atoms with van der Waals surface area (Å²) in [6.07, 6.45) is 8.96. The molecule has 2 aromatic carbocycles. The van der Waals surface area contributed by atoms with Crippen LogP contribution in [-0.4, -0.2) is 31.2 Å². The van der Waals surface area contributed by atoms with Crippen molar-refractivity contribution in [3.05, 3.63) is 35.9 Å². The zero-order valence-corrected chi connectivity index (χ0v) is 17.0. The Hall–Kier alpha value is -1.68. The van der Waals surface area contributed by atoms with Crippen LogP contribution in [0.15, 0.2) is 35.2 Å². The molecule has 2 aromatic rings. The van der Waals surface area contributed by atoms with Gasteiger partial charge in [0.05, 0.1) is 13.7 Å². The van der Waals surface area contributed by atoms with Crippen molar-refractivity contribution in [2.75, 3.05) is 25.2 Å². The summed E-state index contributed by atoms with van der Waals surface area (Å²) in [7, 11) is 1.68. The van der Waals surface area contributed by atoms with Gasteiger partial charge >= 0.3 is 5.97 Å². The third kappa shape index (κ3) is 3.96. The Kier molecular flexibility index (Phi) is 5.92. The lowest BCUT2D eigenvalue weighted by atomic mass is 10.0. The van der Waals surface area contributed by atoms with Gasteiger partial charge in [0, 0.05) is 27.7 Å². The van der Waals surface area contributed by atoms with E-state index in [2.05, 4.69) is 24.3 Å². The summed E-state index contributed by atoms with van der Waals surface area (Å²) in [5.74, 6) is 3.65. The van der Waals surface area contributed by atoms with E-state index in [0.717, 1.165) is 17.7 Å². The molecule has 1 aliphatic carbocycles. The number of hydrogen-bond acceptors (Lipinski definition) is 3. The SMILES string of the molecule is COC(=O)c1cc([S+]2CCCC2)c2ccccc2c1OCCC1CCCC1. The predicted octanol–water partition coefficient (Wildman–Crippen LogP) is 5.36. The van der Waals surface area contributed by atoms with E-state index in [1.54, 1.807) is 0 Å². The largest absolute Gasteiger partial charge is 0.492 e. The molecule has 1 saturated carbocycles. The lowest BCUT2D eigenvalue weighted by Crippen LogP contribution is -2.12. The van der Waals surface area contributed by atoms with Gasteiger partial charge in [0.1, 0.15) is 22.8 Å². The van der Waals surface area contributed by atoms with Crippen molar-refractivity contribution < 1.29 is 14.3 Å². The molecule has 0 N–H and O–H groups in total. The number of fused-ring (bicyclic) bond motifs is 1. The molecular formula is C23H29O3S+. The Bertz CT molecular complexity index is 805. The molecule has 144 valence electrons. The normalized spacial score (nSPS) is 18.3. The Balaban J connectivity index is 1.71. The minimum atomic E-state index is -0.291. The Labute approximate surface area is 164 Å². The summed E-state index contributed by atoms with van der Waals surface area (Å²) in [6.45, 7) is 0.670. The second-order valence-corrected chi connectivity index (χ2v) is 9.93. The van der Waals surface area contributed by atoms with E-state index in [-0.39, 0.29) is 16.9 Å². The smallest absolute Gasteiger partial charge is 0.341 e. The number of ether oxygens (including phenoxy) is 2. The maximum atomic E-state index is 12.6. The molecular weight excluding hydrogens is 356 g/mol. The molecule has 1 aliphatic heterocycles. The maximum absolute atomic E-state index is 12.6. The standard InChI is InChI=1S/C23H29O3S/c1-25-23(24)20-16-21(27-14-6-7-15-27)18-10-4-5-11-19(18)22(20)26-13-12-17-8-2-3-9-17/h4-5,10-11,16-17H,2-3,6-9,12-15H2,1H3/q+1. The van der Waals surface area contributed by atoms with Crippen molar-refractivity contribution in [2.24, 2.45) is 5.92 Å². The molecule has 0 radical (unpaired) electrons. The van der Waals surface area contributed by atoms with Crippen LogP contribution in [0.2, 0.25) is 0 Å². The van der Waals surface area contributed by atoms with E-state index in [1.807, 2.05) is 6.07 Å². The third-order valence-corrected chi connectivity index (χ3v) is 8.47. The van der Waals surface area contributed by atoms with E-state index < -0.39 is 0 Å². The summed E-state index contributed by atoms with van der Waals surface area (Å²) in [6, 6.07) is 10.5. The minimum Gasteiger partial charge on any atom is -0.492 e. The van der Waals surface area contributed by atoms with Crippen molar-refractivity contribution in [1.29, 1.82) is 0 Å². The topological polar surface area (TPSA) is 35.5 Å². The second kappa shape index (κ2) is 8.55. The summed E-state index contributed by atoms with van der Waals surface area (Å²) in [5, 5.41) is 2.30. The van der Waals surface area contributed by atoms with Gasteiger partial charge in [-0.25, -0.2) is 4.79 Å². The highest BCUT2D eigenvalue weighted by molar-refractivity contribution is 7.97. The predicted molar refractivity (Wildman–Crippen MR) is 112 cm³/mol. The average Bonchev–Trinajstić information content (AvgIpc) is 3.41. The van der Waals surface area contributed by atoms with Crippen molar-refractivity contribution in [2.45, 2.75) is 49.8 Å². The number of carbonyl (C=O) groups is 1. The molecule has 1 heterocycles. The van der Waals surface area contributed by atoms with Gasteiger partial charge in [0.25, 0.3) is 0 Å². The van der Waals surface area contributed by atoms with Gasteiger partial charge in [-0.05, 0) is 31.2 Å². The summed E-state index contributed by atoms with van der Waals surface area (Å²) in [4.78, 5) is 13.9. The van der Waals surface area contributed by atoms with Crippen LogP contribution in [0.5, 0.6) is 5.75 Å². The first-order valence-corrected chi connectivity index (χ1v) is 11.8. The molecule has 0 unspecified atom stereocenters. The number of methoxy groups -OCH3 is 1. The van der Waals surface area contributed by atoms with Crippen LogP contribution < -0.4 is 4.74 Å². The third-order valence-electron chi connectivity index (χ3n) is 5.95. The van der Waals surface area contributed by atoms with Crippen LogP contribution >= 0.6 is 0 Å². The van der Waals surface area contributed by atoms with Crippen LogP contribution in [0.4, 0.5) is 0 Å². The van der Waals surface area contributed by atoms with Gasteiger partial charge in [-0.2, -0.15) is 0 Å². The van der Waals surface area contributed by atoms with Gasteiger partial charge in [0.2, 0.25) is 0 Å². The van der Waals surface area contributed by atoms with E-state index in [4.69, 9.17) is 9.47 Å². The first-order valence-electron chi connectivity index (χ1n) is 10.2. The van der Waals surface area contributed by atoms with Crippen LogP contribution in [-0.2, 0) is 15.6 Å². The summed E-state index contributed by atoms with van der Waals surface area (Å²) >= 11 is 0. The van der Waals surface area contributed by atoms with Crippen LogP contribution in [0, 0.1) is 5.92 Å². The molecule has 2 fully saturated rings. The maximum Gasteiger partial charge on any atom is 0.341 e. The van der Waals surface area contributed by atoms with Crippen molar-refractivity contribution in [1.82, 2.24) is 0 Å². The quantitative estimate of drug-likeness (QED) is 0.496. The fraction of sp³-hybridized carbons (Fsp3) is 0.522. The molecule has 0 atom stereocenters. The number of rotatable bonds is 6. The van der Waals surface area contributed by atoms with Gasteiger partial charge in [-0.1, -0.05) is 43.9 Å². The zero-order chi connectivity index (χ0) is 18.6. The minimum absolute atomic E-state index is 0.227. The molecule has 4 heteroatoms. The van der Waals surface area contributed by atoms with Crippen molar-refractivity contribution >= 4 is 27.6 Å². The van der Waals surface area contributed by atoms with Gasteiger partial charge in [-0.3, -0.25) is 0 Å². The van der Waals surface area contributed by atoms with Crippen LogP contribution in [0.1, 0.15) is 55.3 Å². The Morgan fingerprint density at radius 1 is 1.07 bits per heavy atom. The van der Waals surface area contributed by atoms with Crippen molar-refractivity contribution in [3.63, 3.8) is 0 Å². The average molecular weight is 386 g/mol. The Morgan fingerprint density at radius 3 is 2.48 bits per heavy atom. The first-order chi connectivity index (χ1) is 13.3. The highest BCUT2D eigenvalue weighted by Gasteiger charge is 2.32. The molecule has 0 aromatic heterocycles. The lowest BCUT2D eigenvalue weighted by molar-refractivity contribution is 0.0596. The number of esters is 1. The van der Waals surface area contributed by atoms with Gasteiger partial charge in [-0.15, -0.1) is 0 Å². The van der Waals surface area contributed by atoms with Crippen molar-refractivity contribution in [3.8, 4) is 5.75 Å². The summed E-state index contributed by atoms with van der Waals surface area (Å²) < 4.78 is 11.4. The molecule has 0 bridgehead atoms. The van der Waals surface area contributed by atoms with Crippen LogP contribution in [0.3, 0.4) is 0 Å². The molecule has 27 heavy (non-hydrogen) atoms.